The minimum atomic E-state index is -0.180. The fourth-order valence-electron chi connectivity index (χ4n) is 2.17. The Hall–Kier alpha value is -1.52. The average Bonchev–Trinajstić information content (AvgIpc) is 2.85. The molecular formula is C17H13BrFNS. The highest BCUT2D eigenvalue weighted by Gasteiger charge is 2.12. The molecule has 0 saturated carbocycles. The Morgan fingerprint density at radius 2 is 1.67 bits per heavy atom. The van der Waals surface area contributed by atoms with Gasteiger partial charge < -0.3 is 0 Å². The Kier molecular flexibility index (Phi) is 3.91. The predicted octanol–water partition coefficient (Wildman–Crippen LogP) is 6.00. The lowest BCUT2D eigenvalue weighted by Crippen LogP contribution is -1.84. The zero-order valence-electron chi connectivity index (χ0n) is 11.7. The van der Waals surface area contributed by atoms with E-state index < -0.39 is 0 Å². The maximum absolute atomic E-state index is 13.4. The predicted molar refractivity (Wildman–Crippen MR) is 90.1 cm³/mol. The zero-order chi connectivity index (χ0) is 15.0. The monoisotopic (exact) mass is 361 g/mol. The third-order valence-electron chi connectivity index (χ3n) is 3.32. The maximum atomic E-state index is 13.4. The van der Waals surface area contributed by atoms with E-state index in [0.29, 0.717) is 5.56 Å². The Balaban J connectivity index is 2.04. The number of aromatic nitrogens is 1. The van der Waals surface area contributed by atoms with Crippen LogP contribution in [-0.2, 0) is 0 Å². The van der Waals surface area contributed by atoms with Gasteiger partial charge in [-0.05, 0) is 49.7 Å². The fraction of sp³-hybridized carbons (Fsp3) is 0.118. The van der Waals surface area contributed by atoms with E-state index >= 15 is 0 Å². The quantitative estimate of drug-likeness (QED) is 0.545. The molecule has 0 amide bonds. The molecule has 4 heteroatoms. The van der Waals surface area contributed by atoms with Crippen molar-refractivity contribution in [3.63, 3.8) is 0 Å². The molecule has 1 heterocycles. The number of benzene rings is 2. The van der Waals surface area contributed by atoms with Gasteiger partial charge in [0.25, 0.3) is 0 Å². The standard InChI is InChI=1S/C17H13BrFNS/c1-10-9-13(5-8-15(10)19)17-20-16(11(2)21-17)12-3-6-14(18)7-4-12/h3-9H,1-2H3. The zero-order valence-corrected chi connectivity index (χ0v) is 14.1. The lowest BCUT2D eigenvalue weighted by Gasteiger charge is -2.00. The smallest absolute Gasteiger partial charge is 0.126 e. The first-order valence-electron chi connectivity index (χ1n) is 6.54. The van der Waals surface area contributed by atoms with Gasteiger partial charge in [0.2, 0.25) is 0 Å². The van der Waals surface area contributed by atoms with Crippen molar-refractivity contribution in [2.75, 3.05) is 0 Å². The van der Waals surface area contributed by atoms with E-state index in [2.05, 4.69) is 22.9 Å². The van der Waals surface area contributed by atoms with Crippen LogP contribution in [0.4, 0.5) is 4.39 Å². The number of hydrogen-bond donors (Lipinski definition) is 0. The number of halogens is 2. The first-order chi connectivity index (χ1) is 10.0. The minimum Gasteiger partial charge on any atom is -0.236 e. The highest BCUT2D eigenvalue weighted by Crippen LogP contribution is 2.34. The largest absolute Gasteiger partial charge is 0.236 e. The van der Waals surface area contributed by atoms with Crippen LogP contribution < -0.4 is 0 Å². The van der Waals surface area contributed by atoms with Crippen molar-refractivity contribution in [2.24, 2.45) is 0 Å². The average molecular weight is 362 g/mol. The van der Waals surface area contributed by atoms with Crippen molar-refractivity contribution >= 4 is 27.3 Å². The summed E-state index contributed by atoms with van der Waals surface area (Å²) in [5, 5.41) is 0.925. The van der Waals surface area contributed by atoms with Crippen LogP contribution in [0.5, 0.6) is 0 Å². The van der Waals surface area contributed by atoms with Gasteiger partial charge in [0.1, 0.15) is 10.8 Å². The summed E-state index contributed by atoms with van der Waals surface area (Å²) in [6.45, 7) is 3.84. The van der Waals surface area contributed by atoms with Crippen LogP contribution in [0.3, 0.4) is 0 Å². The Morgan fingerprint density at radius 3 is 2.33 bits per heavy atom. The summed E-state index contributed by atoms with van der Waals surface area (Å²) in [6.07, 6.45) is 0. The molecule has 1 nitrogen and oxygen atoms in total. The normalized spacial score (nSPS) is 10.9. The van der Waals surface area contributed by atoms with Gasteiger partial charge in [-0.15, -0.1) is 11.3 Å². The summed E-state index contributed by atoms with van der Waals surface area (Å²) >= 11 is 5.08. The molecule has 3 rings (SSSR count). The van der Waals surface area contributed by atoms with Gasteiger partial charge in [-0.2, -0.15) is 0 Å². The molecule has 0 saturated heterocycles. The SMILES string of the molecule is Cc1cc(-c2nc(-c3ccc(Br)cc3)c(C)s2)ccc1F. The Labute approximate surface area is 135 Å². The summed E-state index contributed by atoms with van der Waals surface area (Å²) in [4.78, 5) is 5.89. The number of aryl methyl sites for hydroxylation is 2. The minimum absolute atomic E-state index is 0.180. The van der Waals surface area contributed by atoms with Crippen molar-refractivity contribution in [2.45, 2.75) is 13.8 Å². The molecule has 0 bridgehead atoms. The van der Waals surface area contributed by atoms with Gasteiger partial charge in [0.05, 0.1) is 5.69 Å². The highest BCUT2D eigenvalue weighted by atomic mass is 79.9. The Bertz CT molecular complexity index is 793. The molecule has 3 aromatic rings. The lowest BCUT2D eigenvalue weighted by molar-refractivity contribution is 0.619. The van der Waals surface area contributed by atoms with E-state index in [1.165, 1.54) is 6.07 Å². The van der Waals surface area contributed by atoms with Gasteiger partial charge in [-0.25, -0.2) is 9.37 Å². The number of nitrogens with zero attached hydrogens (tertiary/aromatic N) is 1. The van der Waals surface area contributed by atoms with Gasteiger partial charge in [-0.1, -0.05) is 28.1 Å². The van der Waals surface area contributed by atoms with Crippen molar-refractivity contribution in [1.29, 1.82) is 0 Å². The molecule has 21 heavy (non-hydrogen) atoms. The summed E-state index contributed by atoms with van der Waals surface area (Å²) in [5.41, 5.74) is 3.69. The highest BCUT2D eigenvalue weighted by molar-refractivity contribution is 9.10. The third kappa shape index (κ3) is 2.92. The molecule has 0 radical (unpaired) electrons. The summed E-state index contributed by atoms with van der Waals surface area (Å²) in [7, 11) is 0. The molecule has 0 aliphatic carbocycles. The van der Waals surface area contributed by atoms with Gasteiger partial charge in [0, 0.05) is 20.5 Å². The molecule has 106 valence electrons. The number of hydrogen-bond acceptors (Lipinski definition) is 2. The lowest BCUT2D eigenvalue weighted by atomic mass is 10.1. The van der Waals surface area contributed by atoms with E-state index in [-0.39, 0.29) is 5.82 Å². The van der Waals surface area contributed by atoms with Crippen molar-refractivity contribution in [1.82, 2.24) is 4.98 Å². The molecule has 2 aromatic carbocycles. The maximum Gasteiger partial charge on any atom is 0.126 e. The summed E-state index contributed by atoms with van der Waals surface area (Å²) < 4.78 is 14.4. The topological polar surface area (TPSA) is 12.9 Å². The molecule has 0 N–H and O–H groups in total. The van der Waals surface area contributed by atoms with Crippen LogP contribution in [-0.4, -0.2) is 4.98 Å². The molecule has 0 unspecified atom stereocenters. The summed E-state index contributed by atoms with van der Waals surface area (Å²) in [6, 6.07) is 13.2. The van der Waals surface area contributed by atoms with Crippen molar-refractivity contribution in [3.8, 4) is 21.8 Å². The van der Waals surface area contributed by atoms with E-state index in [0.717, 1.165) is 31.2 Å². The van der Waals surface area contributed by atoms with Crippen molar-refractivity contribution < 1.29 is 4.39 Å². The van der Waals surface area contributed by atoms with E-state index in [9.17, 15) is 4.39 Å². The molecular weight excluding hydrogens is 349 g/mol. The third-order valence-corrected chi connectivity index (χ3v) is 4.87. The van der Waals surface area contributed by atoms with Crippen LogP contribution in [0.15, 0.2) is 46.9 Å². The second-order valence-electron chi connectivity index (χ2n) is 4.89. The van der Waals surface area contributed by atoms with Crippen molar-refractivity contribution in [3.05, 3.63) is 63.2 Å². The van der Waals surface area contributed by atoms with Crippen LogP contribution in [0.1, 0.15) is 10.4 Å². The number of thiazole rings is 1. The molecule has 0 aliphatic rings. The van der Waals surface area contributed by atoms with E-state index in [1.54, 1.807) is 24.3 Å². The van der Waals surface area contributed by atoms with Crippen LogP contribution in [0.2, 0.25) is 0 Å². The molecule has 0 spiro atoms. The summed E-state index contributed by atoms with van der Waals surface area (Å²) in [5.74, 6) is -0.180. The second-order valence-corrected chi connectivity index (χ2v) is 7.01. The molecule has 0 atom stereocenters. The first kappa shape index (κ1) is 14.4. The fourth-order valence-corrected chi connectivity index (χ4v) is 3.37. The van der Waals surface area contributed by atoms with Crippen LogP contribution >= 0.6 is 27.3 Å². The second kappa shape index (κ2) is 5.70. The first-order valence-corrected chi connectivity index (χ1v) is 8.15. The molecule has 0 fully saturated rings. The number of rotatable bonds is 2. The van der Waals surface area contributed by atoms with Gasteiger partial charge in [-0.3, -0.25) is 0 Å². The molecule has 1 aromatic heterocycles. The Morgan fingerprint density at radius 1 is 1.00 bits per heavy atom. The van der Waals surface area contributed by atoms with Gasteiger partial charge >= 0.3 is 0 Å². The van der Waals surface area contributed by atoms with E-state index in [4.69, 9.17) is 4.98 Å². The van der Waals surface area contributed by atoms with E-state index in [1.807, 2.05) is 30.3 Å². The molecule has 0 aliphatic heterocycles. The van der Waals surface area contributed by atoms with Gasteiger partial charge in [0.15, 0.2) is 0 Å². The van der Waals surface area contributed by atoms with Crippen LogP contribution in [0, 0.1) is 19.7 Å². The van der Waals surface area contributed by atoms with Crippen LogP contribution in [0.25, 0.3) is 21.8 Å².